The Bertz CT molecular complexity index is 543. The van der Waals surface area contributed by atoms with Crippen molar-refractivity contribution in [2.24, 2.45) is 5.73 Å². The van der Waals surface area contributed by atoms with Crippen LogP contribution in [0.25, 0.3) is 0 Å². The van der Waals surface area contributed by atoms with Gasteiger partial charge >= 0.3 is 0 Å². The van der Waals surface area contributed by atoms with E-state index in [0.29, 0.717) is 18.6 Å². The smallest absolute Gasteiger partial charge is 0.253 e. The summed E-state index contributed by atoms with van der Waals surface area (Å²) in [4.78, 5) is 11.9. The van der Waals surface area contributed by atoms with Crippen molar-refractivity contribution in [1.82, 2.24) is 0 Å². The molecule has 1 unspecified atom stereocenters. The van der Waals surface area contributed by atoms with Crippen LogP contribution in [0.5, 0.6) is 0 Å². The molecule has 1 aromatic rings. The number of hydrogen-bond donors (Lipinski definition) is 2. The van der Waals surface area contributed by atoms with E-state index in [2.05, 4.69) is 17.2 Å². The first kappa shape index (κ1) is 14.5. The highest BCUT2D eigenvalue weighted by Crippen LogP contribution is 2.18. The molecule has 3 N–H and O–H groups in total. The van der Waals surface area contributed by atoms with Gasteiger partial charge in [-0.2, -0.15) is 0 Å². The molecule has 1 heterocycles. The Labute approximate surface area is 117 Å². The van der Waals surface area contributed by atoms with Gasteiger partial charge in [0, 0.05) is 12.2 Å². The van der Waals surface area contributed by atoms with Crippen molar-refractivity contribution in [2.45, 2.75) is 25.4 Å². The quantitative estimate of drug-likeness (QED) is 0.807. The molecule has 0 saturated carbocycles. The fourth-order valence-corrected chi connectivity index (χ4v) is 2.01. The zero-order chi connectivity index (χ0) is 14.4. The minimum absolute atomic E-state index is 0.141. The van der Waals surface area contributed by atoms with E-state index in [1.807, 2.05) is 0 Å². The van der Waals surface area contributed by atoms with E-state index < -0.39 is 11.9 Å². The molecule has 0 aromatic heterocycles. The number of nitrogens with one attached hydrogen (secondary N) is 1. The van der Waals surface area contributed by atoms with Crippen LogP contribution < -0.4 is 11.1 Å². The predicted molar refractivity (Wildman–Crippen MR) is 74.6 cm³/mol. The summed E-state index contributed by atoms with van der Waals surface area (Å²) in [6.45, 7) is 0.799. The molecule has 1 aliphatic rings. The zero-order valence-corrected chi connectivity index (χ0v) is 11.1. The second-order valence-electron chi connectivity index (χ2n) is 4.54. The molecule has 0 aliphatic carbocycles. The maximum atomic E-state index is 13.9. The number of nitrogens with two attached hydrogens (primary N) is 1. The third-order valence-corrected chi connectivity index (χ3v) is 3.03. The molecule has 106 valence electrons. The highest BCUT2D eigenvalue weighted by atomic mass is 19.1. The van der Waals surface area contributed by atoms with Crippen LogP contribution in [0.1, 0.15) is 24.8 Å². The third kappa shape index (κ3) is 3.80. The van der Waals surface area contributed by atoms with Gasteiger partial charge in [0.15, 0.2) is 0 Å². The normalized spacial score (nSPS) is 18.0. The summed E-state index contributed by atoms with van der Waals surface area (Å²) in [7, 11) is 0. The molecule has 4 nitrogen and oxygen atoms in total. The second kappa shape index (κ2) is 7.04. The molecule has 0 radical (unpaired) electrons. The Kier molecular flexibility index (Phi) is 5.10. The zero-order valence-electron chi connectivity index (χ0n) is 11.1. The van der Waals surface area contributed by atoms with Crippen LogP contribution in [0.2, 0.25) is 0 Å². The van der Waals surface area contributed by atoms with Gasteiger partial charge in [0.1, 0.15) is 11.9 Å². The van der Waals surface area contributed by atoms with Crippen molar-refractivity contribution in [3.05, 3.63) is 29.6 Å². The molecule has 1 atom stereocenters. The number of anilines is 1. The molecule has 0 spiro atoms. The molecular weight excluding hydrogens is 259 g/mol. The lowest BCUT2D eigenvalue weighted by Crippen LogP contribution is -2.33. The lowest BCUT2D eigenvalue weighted by Gasteiger charge is -2.21. The van der Waals surface area contributed by atoms with Gasteiger partial charge in [0.25, 0.3) is 5.91 Å². The van der Waals surface area contributed by atoms with Gasteiger partial charge in [-0.05, 0) is 37.5 Å². The van der Waals surface area contributed by atoms with Crippen molar-refractivity contribution >= 4 is 11.6 Å². The lowest BCUT2D eigenvalue weighted by atomic mass is 10.1. The number of carbonyl (C=O) groups excluding carboxylic acids is 1. The summed E-state index contributed by atoms with van der Waals surface area (Å²) in [5.41, 5.74) is 5.92. The Hall–Kier alpha value is -1.90. The molecule has 1 amide bonds. The summed E-state index contributed by atoms with van der Waals surface area (Å²) in [5, 5.41) is 2.55. The van der Waals surface area contributed by atoms with Crippen LogP contribution in [0.15, 0.2) is 18.2 Å². The SMILES string of the molecule is NCC#Cc1ccc(NC(=O)C2CCCCO2)c(F)c1. The summed E-state index contributed by atoms with van der Waals surface area (Å²) in [6, 6.07) is 4.42. The van der Waals surface area contributed by atoms with Gasteiger partial charge in [0.05, 0.1) is 12.2 Å². The minimum atomic E-state index is -0.516. The van der Waals surface area contributed by atoms with Crippen LogP contribution in [-0.2, 0) is 9.53 Å². The van der Waals surface area contributed by atoms with E-state index in [1.54, 1.807) is 6.07 Å². The Morgan fingerprint density at radius 2 is 2.35 bits per heavy atom. The summed E-state index contributed by atoms with van der Waals surface area (Å²) < 4.78 is 19.2. The van der Waals surface area contributed by atoms with Crippen molar-refractivity contribution in [2.75, 3.05) is 18.5 Å². The van der Waals surface area contributed by atoms with Crippen LogP contribution in [-0.4, -0.2) is 25.2 Å². The number of benzene rings is 1. The fraction of sp³-hybridized carbons (Fsp3) is 0.400. The van der Waals surface area contributed by atoms with Crippen LogP contribution in [0, 0.1) is 17.7 Å². The predicted octanol–water partition coefficient (Wildman–Crippen LogP) is 1.64. The molecule has 1 fully saturated rings. The highest BCUT2D eigenvalue weighted by Gasteiger charge is 2.22. The Balaban J connectivity index is 2.03. The number of carbonyl (C=O) groups is 1. The molecule has 1 aromatic carbocycles. The van der Waals surface area contributed by atoms with Crippen LogP contribution >= 0.6 is 0 Å². The monoisotopic (exact) mass is 276 g/mol. The molecule has 5 heteroatoms. The number of ether oxygens (including phenoxy) is 1. The molecule has 2 rings (SSSR count). The Morgan fingerprint density at radius 1 is 1.50 bits per heavy atom. The maximum absolute atomic E-state index is 13.9. The molecule has 20 heavy (non-hydrogen) atoms. The molecular formula is C15H17FN2O2. The molecule has 0 bridgehead atoms. The number of rotatable bonds is 2. The average Bonchev–Trinajstić information content (AvgIpc) is 2.48. The van der Waals surface area contributed by atoms with Gasteiger partial charge in [-0.15, -0.1) is 0 Å². The van der Waals surface area contributed by atoms with E-state index in [0.717, 1.165) is 12.8 Å². The van der Waals surface area contributed by atoms with Gasteiger partial charge < -0.3 is 15.8 Å². The van der Waals surface area contributed by atoms with Crippen molar-refractivity contribution in [3.8, 4) is 11.8 Å². The van der Waals surface area contributed by atoms with E-state index in [1.165, 1.54) is 12.1 Å². The average molecular weight is 276 g/mol. The number of halogens is 1. The first-order valence-electron chi connectivity index (χ1n) is 6.61. The topological polar surface area (TPSA) is 64.3 Å². The molecule has 1 aliphatic heterocycles. The summed E-state index contributed by atoms with van der Waals surface area (Å²) >= 11 is 0. The van der Waals surface area contributed by atoms with E-state index in [4.69, 9.17) is 10.5 Å². The first-order valence-corrected chi connectivity index (χ1v) is 6.61. The van der Waals surface area contributed by atoms with Crippen molar-refractivity contribution < 1.29 is 13.9 Å². The van der Waals surface area contributed by atoms with Crippen molar-refractivity contribution in [1.29, 1.82) is 0 Å². The second-order valence-corrected chi connectivity index (χ2v) is 4.54. The fourth-order valence-electron chi connectivity index (χ4n) is 2.01. The van der Waals surface area contributed by atoms with Crippen LogP contribution in [0.3, 0.4) is 0 Å². The van der Waals surface area contributed by atoms with E-state index >= 15 is 0 Å². The van der Waals surface area contributed by atoms with Gasteiger partial charge in [0.2, 0.25) is 0 Å². The summed E-state index contributed by atoms with van der Waals surface area (Å²) in [5.74, 6) is 4.57. The highest BCUT2D eigenvalue weighted by molar-refractivity contribution is 5.94. The van der Waals surface area contributed by atoms with Gasteiger partial charge in [-0.3, -0.25) is 4.79 Å². The van der Waals surface area contributed by atoms with Crippen molar-refractivity contribution in [3.63, 3.8) is 0 Å². The molecule has 1 saturated heterocycles. The lowest BCUT2D eigenvalue weighted by molar-refractivity contribution is -0.130. The first-order chi connectivity index (χ1) is 9.70. The van der Waals surface area contributed by atoms with Crippen LogP contribution in [0.4, 0.5) is 10.1 Å². The Morgan fingerprint density at radius 3 is 3.00 bits per heavy atom. The van der Waals surface area contributed by atoms with E-state index in [9.17, 15) is 9.18 Å². The maximum Gasteiger partial charge on any atom is 0.253 e. The van der Waals surface area contributed by atoms with E-state index in [-0.39, 0.29) is 18.1 Å². The van der Waals surface area contributed by atoms with Gasteiger partial charge in [-0.1, -0.05) is 11.8 Å². The number of hydrogen-bond acceptors (Lipinski definition) is 3. The minimum Gasteiger partial charge on any atom is -0.368 e. The third-order valence-electron chi connectivity index (χ3n) is 3.03. The number of amides is 1. The standard InChI is InChI=1S/C15H17FN2O2/c16-12-10-11(4-3-8-17)6-7-13(12)18-15(19)14-5-1-2-9-20-14/h6-7,10,14H,1-2,5,8-9,17H2,(H,18,19). The summed E-state index contributed by atoms with van der Waals surface area (Å²) in [6.07, 6.45) is 2.11. The largest absolute Gasteiger partial charge is 0.368 e. The van der Waals surface area contributed by atoms with Gasteiger partial charge in [-0.25, -0.2) is 4.39 Å².